The van der Waals surface area contributed by atoms with E-state index < -0.39 is 15.4 Å². The summed E-state index contributed by atoms with van der Waals surface area (Å²) in [6, 6.07) is 0. The summed E-state index contributed by atoms with van der Waals surface area (Å²) in [4.78, 5) is 12.4. The summed E-state index contributed by atoms with van der Waals surface area (Å²) in [7, 11) is -3.38. The standard InChI is InChI=1S/C14H23NO4S/c1-13(2)11-3-4-14(13,12(16)9-11)10-20(17,18)15-5-7-19-8-6-15/h11H,3-10H2,1-2H3/t11-,14-/m0/s1. The molecular formula is C14H23NO4S. The lowest BCUT2D eigenvalue weighted by atomic mass is 9.70. The second-order valence-corrected chi connectivity index (χ2v) is 8.90. The largest absolute Gasteiger partial charge is 0.379 e. The number of morpholine rings is 1. The fraction of sp³-hybridized carbons (Fsp3) is 0.929. The summed E-state index contributed by atoms with van der Waals surface area (Å²) in [5.74, 6) is 0.507. The molecule has 0 N–H and O–H groups in total. The third-order valence-electron chi connectivity index (χ3n) is 5.93. The van der Waals surface area contributed by atoms with E-state index in [4.69, 9.17) is 4.74 Å². The summed E-state index contributed by atoms with van der Waals surface area (Å²) >= 11 is 0. The van der Waals surface area contributed by atoms with E-state index in [0.717, 1.165) is 12.8 Å². The molecule has 0 spiro atoms. The molecular weight excluding hydrogens is 278 g/mol. The molecule has 5 nitrogen and oxygen atoms in total. The molecule has 0 aromatic heterocycles. The minimum Gasteiger partial charge on any atom is -0.379 e. The SMILES string of the molecule is CC1(C)[C@H]2CC[C@]1(CS(=O)(=O)N1CCOCC1)C(=O)C2. The zero-order valence-corrected chi connectivity index (χ0v) is 13.0. The number of carbonyl (C=O) groups is 1. The zero-order chi connectivity index (χ0) is 14.6. The van der Waals surface area contributed by atoms with Crippen molar-refractivity contribution in [2.45, 2.75) is 33.1 Å². The van der Waals surface area contributed by atoms with Crippen LogP contribution in [0.25, 0.3) is 0 Å². The molecule has 2 saturated carbocycles. The van der Waals surface area contributed by atoms with E-state index in [1.807, 2.05) is 0 Å². The second kappa shape index (κ2) is 4.52. The number of nitrogens with zero attached hydrogens (tertiary/aromatic N) is 1. The van der Waals surface area contributed by atoms with Gasteiger partial charge >= 0.3 is 0 Å². The Morgan fingerprint density at radius 3 is 2.45 bits per heavy atom. The number of carbonyl (C=O) groups excluding carboxylic acids is 1. The van der Waals surface area contributed by atoms with E-state index in [1.54, 1.807) is 0 Å². The number of ether oxygens (including phenoxy) is 1. The van der Waals surface area contributed by atoms with Gasteiger partial charge in [-0.1, -0.05) is 13.8 Å². The van der Waals surface area contributed by atoms with Crippen molar-refractivity contribution in [1.29, 1.82) is 0 Å². The molecule has 3 rings (SSSR count). The number of sulfonamides is 1. The number of ketones is 1. The number of fused-ring (bicyclic) bond motifs is 2. The van der Waals surface area contributed by atoms with Gasteiger partial charge in [0.1, 0.15) is 5.78 Å². The van der Waals surface area contributed by atoms with Crippen molar-refractivity contribution in [1.82, 2.24) is 4.31 Å². The van der Waals surface area contributed by atoms with Gasteiger partial charge in [-0.15, -0.1) is 0 Å². The average Bonchev–Trinajstić information content (AvgIpc) is 2.73. The summed E-state index contributed by atoms with van der Waals surface area (Å²) < 4.78 is 32.1. The van der Waals surface area contributed by atoms with Gasteiger partial charge in [0, 0.05) is 24.9 Å². The number of hydrogen-bond acceptors (Lipinski definition) is 4. The Kier molecular flexibility index (Phi) is 3.27. The molecule has 1 aliphatic heterocycles. The number of rotatable bonds is 3. The van der Waals surface area contributed by atoms with Crippen LogP contribution in [0.3, 0.4) is 0 Å². The molecule has 2 bridgehead atoms. The van der Waals surface area contributed by atoms with Gasteiger partial charge in [-0.2, -0.15) is 4.31 Å². The third-order valence-corrected chi connectivity index (χ3v) is 7.94. The maximum absolute atomic E-state index is 12.7. The van der Waals surface area contributed by atoms with E-state index in [0.29, 0.717) is 38.6 Å². The molecule has 3 fully saturated rings. The maximum atomic E-state index is 12.7. The first kappa shape index (κ1) is 14.5. The van der Waals surface area contributed by atoms with E-state index in [1.165, 1.54) is 4.31 Å². The Morgan fingerprint density at radius 1 is 1.30 bits per heavy atom. The summed E-state index contributed by atoms with van der Waals surface area (Å²) in [6.45, 7) is 5.88. The first-order chi connectivity index (χ1) is 9.30. The normalized spacial score (nSPS) is 37.5. The Labute approximate surface area is 120 Å². The van der Waals surface area contributed by atoms with Gasteiger partial charge in [0.15, 0.2) is 0 Å². The fourth-order valence-corrected chi connectivity index (χ4v) is 6.52. The van der Waals surface area contributed by atoms with Gasteiger partial charge in [0.25, 0.3) is 0 Å². The van der Waals surface area contributed by atoms with Crippen LogP contribution in [0.1, 0.15) is 33.1 Å². The van der Waals surface area contributed by atoms with E-state index in [2.05, 4.69) is 13.8 Å². The molecule has 0 radical (unpaired) electrons. The van der Waals surface area contributed by atoms with E-state index >= 15 is 0 Å². The zero-order valence-electron chi connectivity index (χ0n) is 12.2. The quantitative estimate of drug-likeness (QED) is 0.781. The van der Waals surface area contributed by atoms with Gasteiger partial charge in [-0.25, -0.2) is 8.42 Å². The van der Waals surface area contributed by atoms with E-state index in [-0.39, 0.29) is 17.0 Å². The summed E-state index contributed by atoms with van der Waals surface area (Å²) in [6.07, 6.45) is 2.27. The van der Waals surface area contributed by atoms with Crippen LogP contribution in [0.15, 0.2) is 0 Å². The lowest BCUT2D eigenvalue weighted by Crippen LogP contribution is -2.49. The molecule has 0 amide bonds. The van der Waals surface area contributed by atoms with Crippen molar-refractivity contribution < 1.29 is 17.9 Å². The van der Waals surface area contributed by atoms with Crippen LogP contribution in [0.4, 0.5) is 0 Å². The van der Waals surface area contributed by atoms with Gasteiger partial charge in [0.2, 0.25) is 10.0 Å². The molecule has 6 heteroatoms. The van der Waals surface area contributed by atoms with Crippen molar-refractivity contribution in [2.75, 3.05) is 32.1 Å². The monoisotopic (exact) mass is 301 g/mol. The molecule has 3 aliphatic rings. The van der Waals surface area contributed by atoms with Crippen LogP contribution in [-0.2, 0) is 19.6 Å². The Balaban J connectivity index is 1.88. The van der Waals surface area contributed by atoms with Crippen molar-refractivity contribution in [2.24, 2.45) is 16.7 Å². The molecule has 0 aromatic rings. The molecule has 20 heavy (non-hydrogen) atoms. The highest BCUT2D eigenvalue weighted by atomic mass is 32.2. The molecule has 114 valence electrons. The predicted molar refractivity (Wildman–Crippen MR) is 74.7 cm³/mol. The molecule has 0 aromatic carbocycles. The number of hydrogen-bond donors (Lipinski definition) is 0. The van der Waals surface area contributed by atoms with Crippen LogP contribution in [0, 0.1) is 16.7 Å². The van der Waals surface area contributed by atoms with Crippen molar-refractivity contribution >= 4 is 15.8 Å². The van der Waals surface area contributed by atoms with Gasteiger partial charge < -0.3 is 4.74 Å². The third kappa shape index (κ3) is 1.88. The first-order valence-electron chi connectivity index (χ1n) is 7.38. The Bertz CT molecular complexity index is 521. The van der Waals surface area contributed by atoms with Crippen molar-refractivity contribution in [3.05, 3.63) is 0 Å². The predicted octanol–water partition coefficient (Wildman–Crippen LogP) is 1.04. The van der Waals surface area contributed by atoms with Gasteiger partial charge in [-0.3, -0.25) is 4.79 Å². The fourth-order valence-electron chi connectivity index (χ4n) is 4.34. The lowest BCUT2D eigenvalue weighted by Gasteiger charge is -2.38. The minimum atomic E-state index is -3.38. The highest BCUT2D eigenvalue weighted by Gasteiger charge is 2.65. The molecule has 1 saturated heterocycles. The average molecular weight is 301 g/mol. The van der Waals surface area contributed by atoms with Crippen LogP contribution >= 0.6 is 0 Å². The van der Waals surface area contributed by atoms with Crippen LogP contribution in [0.2, 0.25) is 0 Å². The van der Waals surface area contributed by atoms with Crippen molar-refractivity contribution in [3.8, 4) is 0 Å². The maximum Gasteiger partial charge on any atom is 0.215 e. The van der Waals surface area contributed by atoms with Crippen molar-refractivity contribution in [3.63, 3.8) is 0 Å². The topological polar surface area (TPSA) is 63.7 Å². The Morgan fingerprint density at radius 2 is 1.95 bits per heavy atom. The highest BCUT2D eigenvalue weighted by molar-refractivity contribution is 7.89. The van der Waals surface area contributed by atoms with Crippen LogP contribution in [0.5, 0.6) is 0 Å². The van der Waals surface area contributed by atoms with Gasteiger partial charge in [-0.05, 0) is 24.2 Å². The second-order valence-electron chi connectivity index (χ2n) is 6.93. The first-order valence-corrected chi connectivity index (χ1v) is 8.99. The molecule has 1 heterocycles. The number of Topliss-reactive ketones (excluding diaryl/α,β-unsaturated/α-hetero) is 1. The highest BCUT2D eigenvalue weighted by Crippen LogP contribution is 2.64. The summed E-state index contributed by atoms with van der Waals surface area (Å²) in [5.41, 5.74) is -0.849. The molecule has 2 aliphatic carbocycles. The Hall–Kier alpha value is -0.460. The smallest absolute Gasteiger partial charge is 0.215 e. The summed E-state index contributed by atoms with van der Waals surface area (Å²) in [5, 5.41) is 0. The molecule has 2 atom stereocenters. The van der Waals surface area contributed by atoms with Crippen LogP contribution < -0.4 is 0 Å². The van der Waals surface area contributed by atoms with Crippen LogP contribution in [-0.4, -0.2) is 50.6 Å². The molecule has 0 unspecified atom stereocenters. The van der Waals surface area contributed by atoms with E-state index in [9.17, 15) is 13.2 Å². The lowest BCUT2D eigenvalue weighted by molar-refractivity contribution is -0.128. The van der Waals surface area contributed by atoms with Gasteiger partial charge in [0.05, 0.1) is 19.0 Å². The minimum absolute atomic E-state index is 0.0116.